The number of rotatable bonds is 8. The maximum absolute atomic E-state index is 12.3. The number of amides is 1. The molecule has 1 heterocycles. The molecule has 1 aromatic heterocycles. The van der Waals surface area contributed by atoms with E-state index in [1.165, 1.54) is 0 Å². The van der Waals surface area contributed by atoms with Gasteiger partial charge in [0, 0.05) is 29.1 Å². The topological polar surface area (TPSA) is 56.2 Å². The van der Waals surface area contributed by atoms with Gasteiger partial charge in [-0.05, 0) is 56.2 Å². The lowest BCUT2D eigenvalue weighted by Crippen LogP contribution is -2.32. The Morgan fingerprint density at radius 3 is 2.59 bits per heavy atom. The van der Waals surface area contributed by atoms with Gasteiger partial charge in [-0.3, -0.25) is 4.79 Å². The average molecular weight is 408 g/mol. The molecule has 150 valence electrons. The maximum atomic E-state index is 12.3. The summed E-state index contributed by atoms with van der Waals surface area (Å²) in [6, 6.07) is 18.4. The number of nitrogens with zero attached hydrogens (tertiary/aromatic N) is 2. The van der Waals surface area contributed by atoms with E-state index in [-0.39, 0.29) is 11.2 Å². The Hall–Kier alpha value is -2.73. The van der Waals surface area contributed by atoms with Crippen LogP contribution in [-0.2, 0) is 10.5 Å². The van der Waals surface area contributed by atoms with Crippen molar-refractivity contribution in [1.82, 2.24) is 15.1 Å². The second-order valence-corrected chi connectivity index (χ2v) is 8.58. The van der Waals surface area contributed by atoms with Gasteiger partial charge < -0.3 is 10.1 Å². The summed E-state index contributed by atoms with van der Waals surface area (Å²) in [6.45, 7) is 1.97. The Kier molecular flexibility index (Phi) is 5.90. The summed E-state index contributed by atoms with van der Waals surface area (Å²) in [5.74, 6) is 1.66. The number of carbonyl (C=O) groups is 1. The van der Waals surface area contributed by atoms with Crippen LogP contribution >= 0.6 is 11.8 Å². The van der Waals surface area contributed by atoms with Crippen molar-refractivity contribution in [3.8, 4) is 22.7 Å². The predicted molar refractivity (Wildman–Crippen MR) is 117 cm³/mol. The van der Waals surface area contributed by atoms with Crippen LogP contribution < -0.4 is 10.1 Å². The van der Waals surface area contributed by atoms with Gasteiger partial charge in [-0.2, -0.15) is 5.10 Å². The first-order chi connectivity index (χ1) is 14.1. The van der Waals surface area contributed by atoms with Crippen molar-refractivity contribution < 1.29 is 9.53 Å². The molecule has 1 N–H and O–H groups in total. The lowest BCUT2D eigenvalue weighted by molar-refractivity contribution is -0.120. The van der Waals surface area contributed by atoms with Gasteiger partial charge in [0.25, 0.3) is 0 Å². The Labute approximate surface area is 175 Å². The Balaban J connectivity index is 1.57. The monoisotopic (exact) mass is 407 g/mol. The van der Waals surface area contributed by atoms with Crippen LogP contribution in [0.2, 0.25) is 0 Å². The smallest absolute Gasteiger partial charge is 0.233 e. The van der Waals surface area contributed by atoms with E-state index in [0.717, 1.165) is 41.1 Å². The van der Waals surface area contributed by atoms with Gasteiger partial charge in [0.05, 0.1) is 23.7 Å². The molecule has 2 aromatic carbocycles. The van der Waals surface area contributed by atoms with Gasteiger partial charge in [0.1, 0.15) is 5.75 Å². The fourth-order valence-corrected chi connectivity index (χ4v) is 3.92. The van der Waals surface area contributed by atoms with Crippen molar-refractivity contribution in [2.45, 2.75) is 36.8 Å². The molecule has 1 fully saturated rings. The van der Waals surface area contributed by atoms with Gasteiger partial charge in [-0.25, -0.2) is 4.68 Å². The molecule has 4 rings (SSSR count). The molecule has 0 aliphatic heterocycles. The van der Waals surface area contributed by atoms with E-state index in [2.05, 4.69) is 11.5 Å². The Morgan fingerprint density at radius 1 is 1.21 bits per heavy atom. The summed E-state index contributed by atoms with van der Waals surface area (Å²) < 4.78 is 7.18. The number of hydrogen-bond donors (Lipinski definition) is 1. The zero-order valence-electron chi connectivity index (χ0n) is 16.7. The molecule has 0 spiro atoms. The van der Waals surface area contributed by atoms with E-state index in [1.807, 2.05) is 66.2 Å². The number of ether oxygens (including phenoxy) is 1. The molecule has 0 bridgehead atoms. The number of para-hydroxylation sites is 1. The first kappa shape index (κ1) is 19.6. The van der Waals surface area contributed by atoms with Crippen LogP contribution in [0.15, 0.2) is 60.8 Å². The zero-order valence-corrected chi connectivity index (χ0v) is 17.5. The number of benzene rings is 2. The second kappa shape index (κ2) is 8.74. The van der Waals surface area contributed by atoms with Crippen LogP contribution in [0.5, 0.6) is 5.75 Å². The van der Waals surface area contributed by atoms with Gasteiger partial charge in [0.2, 0.25) is 5.91 Å². The van der Waals surface area contributed by atoms with Crippen LogP contribution in [-0.4, -0.2) is 34.1 Å². The highest BCUT2D eigenvalue weighted by Crippen LogP contribution is 2.30. The van der Waals surface area contributed by atoms with E-state index in [9.17, 15) is 4.79 Å². The van der Waals surface area contributed by atoms with Crippen molar-refractivity contribution >= 4 is 17.7 Å². The van der Waals surface area contributed by atoms with Crippen molar-refractivity contribution in [3.63, 3.8) is 0 Å². The third kappa shape index (κ3) is 4.82. The third-order valence-electron chi connectivity index (χ3n) is 4.96. The predicted octanol–water partition coefficient (Wildman–Crippen LogP) is 4.45. The zero-order chi connectivity index (χ0) is 20.2. The molecule has 0 radical (unpaired) electrons. The minimum atomic E-state index is -0.0978. The summed E-state index contributed by atoms with van der Waals surface area (Å²) in [4.78, 5) is 12.3. The number of hydrogen-bond acceptors (Lipinski definition) is 4. The average Bonchev–Trinajstić information content (AvgIpc) is 3.48. The van der Waals surface area contributed by atoms with Gasteiger partial charge in [-0.15, -0.1) is 11.8 Å². The molecule has 0 saturated heterocycles. The van der Waals surface area contributed by atoms with Crippen LogP contribution in [0.4, 0.5) is 0 Å². The summed E-state index contributed by atoms with van der Waals surface area (Å²) in [7, 11) is 1.66. The summed E-state index contributed by atoms with van der Waals surface area (Å²) in [5.41, 5.74) is 4.08. The SMILES string of the molecule is COc1ccc(-c2nn(-c3ccccc3)cc2CSC(C)C(=O)NC2CC2)cc1. The highest BCUT2D eigenvalue weighted by atomic mass is 32.2. The molecular weight excluding hydrogens is 382 g/mol. The van der Waals surface area contributed by atoms with Gasteiger partial charge >= 0.3 is 0 Å². The summed E-state index contributed by atoms with van der Waals surface area (Å²) >= 11 is 1.64. The molecule has 1 saturated carbocycles. The summed E-state index contributed by atoms with van der Waals surface area (Å²) in [5, 5.41) is 7.84. The van der Waals surface area contributed by atoms with Gasteiger partial charge in [0.15, 0.2) is 0 Å². The van der Waals surface area contributed by atoms with Crippen molar-refractivity contribution in [2.75, 3.05) is 7.11 Å². The molecule has 1 aliphatic rings. The minimum absolute atomic E-state index is 0.0978. The summed E-state index contributed by atoms with van der Waals surface area (Å²) in [6.07, 6.45) is 4.27. The normalized spacial score (nSPS) is 14.4. The lowest BCUT2D eigenvalue weighted by Gasteiger charge is -2.11. The van der Waals surface area contributed by atoms with E-state index in [4.69, 9.17) is 9.84 Å². The Bertz CT molecular complexity index is 966. The first-order valence-corrected chi connectivity index (χ1v) is 10.9. The van der Waals surface area contributed by atoms with E-state index in [1.54, 1.807) is 18.9 Å². The minimum Gasteiger partial charge on any atom is -0.497 e. The standard InChI is InChI=1S/C23H25N3O2S/c1-16(23(27)24-19-10-11-19)29-15-18-14-26(20-6-4-3-5-7-20)25-22(18)17-8-12-21(28-2)13-9-17/h3-9,12-14,16,19H,10-11,15H2,1-2H3,(H,24,27). The molecule has 5 nitrogen and oxygen atoms in total. The highest BCUT2D eigenvalue weighted by Gasteiger charge is 2.26. The van der Waals surface area contributed by atoms with Crippen LogP contribution in [0.1, 0.15) is 25.3 Å². The first-order valence-electron chi connectivity index (χ1n) is 9.84. The van der Waals surface area contributed by atoms with E-state index >= 15 is 0 Å². The maximum Gasteiger partial charge on any atom is 0.233 e. The molecule has 1 aliphatic carbocycles. The molecule has 1 atom stereocenters. The molecule has 29 heavy (non-hydrogen) atoms. The number of thioether (sulfide) groups is 1. The highest BCUT2D eigenvalue weighted by molar-refractivity contribution is 7.99. The number of aromatic nitrogens is 2. The third-order valence-corrected chi connectivity index (χ3v) is 6.15. The Morgan fingerprint density at radius 2 is 1.93 bits per heavy atom. The second-order valence-electron chi connectivity index (χ2n) is 7.25. The lowest BCUT2D eigenvalue weighted by atomic mass is 10.1. The quantitative estimate of drug-likeness (QED) is 0.599. The van der Waals surface area contributed by atoms with Gasteiger partial charge in [-0.1, -0.05) is 18.2 Å². The molecule has 6 heteroatoms. The molecule has 3 aromatic rings. The largest absolute Gasteiger partial charge is 0.497 e. The molecule has 1 amide bonds. The van der Waals surface area contributed by atoms with Crippen LogP contribution in [0, 0.1) is 0 Å². The van der Waals surface area contributed by atoms with Crippen molar-refractivity contribution in [2.24, 2.45) is 0 Å². The van der Waals surface area contributed by atoms with Crippen LogP contribution in [0.3, 0.4) is 0 Å². The number of methoxy groups -OCH3 is 1. The van der Waals surface area contributed by atoms with Crippen molar-refractivity contribution in [1.29, 1.82) is 0 Å². The van der Waals surface area contributed by atoms with Crippen molar-refractivity contribution in [3.05, 3.63) is 66.4 Å². The van der Waals surface area contributed by atoms with Crippen LogP contribution in [0.25, 0.3) is 16.9 Å². The van der Waals surface area contributed by atoms with E-state index < -0.39 is 0 Å². The fourth-order valence-electron chi connectivity index (χ4n) is 3.06. The number of carbonyl (C=O) groups excluding carboxylic acids is 1. The van der Waals surface area contributed by atoms with E-state index in [0.29, 0.717) is 11.8 Å². The number of nitrogens with one attached hydrogen (secondary N) is 1. The molecular formula is C23H25N3O2S. The fraction of sp³-hybridized carbons (Fsp3) is 0.304. The molecule has 1 unspecified atom stereocenters.